The first-order chi connectivity index (χ1) is 30.8. The molecule has 8 rings (SSSR count). The second kappa shape index (κ2) is 19.1. The van der Waals surface area contributed by atoms with E-state index in [1.54, 1.807) is 12.1 Å². The minimum Gasteiger partial charge on any atom is -0.495 e. The van der Waals surface area contributed by atoms with Crippen molar-refractivity contribution in [3.8, 4) is 32.6 Å². The van der Waals surface area contributed by atoms with Crippen molar-refractivity contribution in [1.82, 2.24) is 14.7 Å². The molecule has 0 bridgehead atoms. The number of hydrogen-bond acceptors (Lipinski definition) is 12. The number of methoxy groups -OCH3 is 1. The molecule has 0 atom stereocenters. The van der Waals surface area contributed by atoms with Crippen LogP contribution in [0.4, 0.5) is 26.3 Å². The van der Waals surface area contributed by atoms with Gasteiger partial charge in [-0.1, -0.05) is 24.3 Å². The summed E-state index contributed by atoms with van der Waals surface area (Å²) in [5, 5.41) is 22.1. The first-order valence-corrected chi connectivity index (χ1v) is 22.5. The van der Waals surface area contributed by atoms with Gasteiger partial charge in [-0.3, -0.25) is 14.4 Å². The molecule has 0 aliphatic carbocycles. The molecule has 21 heteroatoms. The Kier molecular flexibility index (Phi) is 13.8. The number of thiazole rings is 2. The third-order valence-electron chi connectivity index (χ3n) is 9.61. The quantitative estimate of drug-likeness (QED) is 0.0838. The summed E-state index contributed by atoms with van der Waals surface area (Å²) < 4.78 is 95.0. The molecule has 0 radical (unpaired) electrons. The summed E-state index contributed by atoms with van der Waals surface area (Å²) in [6.07, 6.45) is -8.79. The van der Waals surface area contributed by atoms with Gasteiger partial charge in [0.05, 0.1) is 51.2 Å². The van der Waals surface area contributed by atoms with E-state index < -0.39 is 47.5 Å². The molecule has 0 spiro atoms. The van der Waals surface area contributed by atoms with Crippen LogP contribution in [0.2, 0.25) is 0 Å². The molecule has 4 heterocycles. The van der Waals surface area contributed by atoms with Crippen molar-refractivity contribution in [2.24, 2.45) is 0 Å². The molecule has 0 saturated carbocycles. The number of rotatable bonds is 13. The van der Waals surface area contributed by atoms with Crippen molar-refractivity contribution < 1.29 is 60.1 Å². The molecule has 0 aliphatic heterocycles. The highest BCUT2D eigenvalue weighted by Crippen LogP contribution is 2.39. The summed E-state index contributed by atoms with van der Waals surface area (Å²) in [5.41, 5.74) is 1.76. The number of carbonyl (C=O) groups is 2. The molecule has 2 N–H and O–H groups in total. The maximum Gasteiger partial charge on any atom is 0.416 e. The number of carboxylic acid groups (broad SMARTS) is 2. The standard InChI is InChI=1S/C22H17F3N2O5S2.C22H16F3NO3S2/c1-11-18(34-20(26-11)12-3-5-13(6-4-12)22(23,24)25)10-33-17-7-14-15(8-16(17)31-2)32-27(21(14)30)9-19(28)29;1-12-19(31-21(26-12)13-2-4-15(5-3-13)22(23,24)25)10-29-16-6-7-17-14(8-20(27)28)11-30-18(17)9-16/h3-8H,9-10H2,1-2H3,(H,28,29);2-7,9,11H,8,10H2,1H3,(H,27,28). The number of carboxylic acids is 2. The average Bonchev–Trinajstić information content (AvgIpc) is 4.02. The molecular formula is C44H33F6N3O8S4. The topological polar surface area (TPSA) is 154 Å². The zero-order valence-electron chi connectivity index (χ0n) is 34.0. The molecule has 0 aliphatic rings. The predicted octanol–water partition coefficient (Wildman–Crippen LogP) is 12.0. The SMILES string of the molecule is COc1cc2on(CC(=O)O)c(=O)c2cc1SCc1sc(-c2ccc(C(F)(F)F)cc2)nc1C.Cc1nc(-c2ccc(C(F)(F)F)cc2)sc1COc1ccc2c(CC(=O)O)csc2c1. The van der Waals surface area contributed by atoms with E-state index in [9.17, 15) is 40.7 Å². The van der Waals surface area contributed by atoms with Crippen molar-refractivity contribution in [1.29, 1.82) is 0 Å². The maximum atomic E-state index is 12.8. The number of hydrogen-bond donors (Lipinski definition) is 2. The number of fused-ring (bicyclic) bond motifs is 2. The summed E-state index contributed by atoms with van der Waals surface area (Å²) in [6, 6.07) is 18.5. The number of alkyl halides is 6. The van der Waals surface area contributed by atoms with E-state index in [2.05, 4.69) is 9.97 Å². The molecule has 65 heavy (non-hydrogen) atoms. The first-order valence-electron chi connectivity index (χ1n) is 19.0. The van der Waals surface area contributed by atoms with Gasteiger partial charge in [-0.05, 0) is 78.7 Å². The van der Waals surface area contributed by atoms with Crippen LogP contribution in [0.15, 0.2) is 98.5 Å². The van der Waals surface area contributed by atoms with Gasteiger partial charge >= 0.3 is 24.3 Å². The van der Waals surface area contributed by atoms with Crippen LogP contribution in [0.25, 0.3) is 42.2 Å². The number of nitrogens with zero attached hydrogens (tertiary/aromatic N) is 3. The molecule has 4 aromatic carbocycles. The summed E-state index contributed by atoms with van der Waals surface area (Å²) in [6.45, 7) is 3.35. The number of halogens is 6. The Balaban J connectivity index is 0.000000195. The molecule has 8 aromatic rings. The van der Waals surface area contributed by atoms with Gasteiger partial charge in [0.2, 0.25) is 0 Å². The summed E-state index contributed by atoms with van der Waals surface area (Å²) in [5.74, 6) is -0.483. The third kappa shape index (κ3) is 11.0. The second-order valence-corrected chi connectivity index (χ2v) is 18.2. The first kappa shape index (κ1) is 46.8. The van der Waals surface area contributed by atoms with Gasteiger partial charge in [0, 0.05) is 32.5 Å². The third-order valence-corrected chi connectivity index (χ3v) is 14.2. The Hall–Kier alpha value is -6.16. The number of benzene rings is 4. The summed E-state index contributed by atoms with van der Waals surface area (Å²) >= 11 is 5.61. The molecule has 11 nitrogen and oxygen atoms in total. The van der Waals surface area contributed by atoms with E-state index in [1.165, 1.54) is 83.2 Å². The lowest BCUT2D eigenvalue weighted by atomic mass is 10.1. The van der Waals surface area contributed by atoms with Crippen LogP contribution in [0.3, 0.4) is 0 Å². The second-order valence-electron chi connectivity index (χ2n) is 14.1. The highest BCUT2D eigenvalue weighted by molar-refractivity contribution is 7.98. The van der Waals surface area contributed by atoms with E-state index in [1.807, 2.05) is 31.4 Å². The van der Waals surface area contributed by atoms with Gasteiger partial charge in [-0.15, -0.1) is 45.8 Å². The van der Waals surface area contributed by atoms with Crippen LogP contribution >= 0.6 is 45.8 Å². The lowest BCUT2D eigenvalue weighted by Crippen LogP contribution is -2.19. The lowest BCUT2D eigenvalue weighted by molar-refractivity contribution is -0.139. The van der Waals surface area contributed by atoms with Crippen molar-refractivity contribution in [3.05, 3.63) is 132 Å². The minimum atomic E-state index is -4.40. The smallest absolute Gasteiger partial charge is 0.416 e. The van der Waals surface area contributed by atoms with Gasteiger partial charge in [0.1, 0.15) is 28.1 Å². The highest BCUT2D eigenvalue weighted by Gasteiger charge is 2.31. The predicted molar refractivity (Wildman–Crippen MR) is 236 cm³/mol. The van der Waals surface area contributed by atoms with Crippen molar-refractivity contribution >= 4 is 78.8 Å². The largest absolute Gasteiger partial charge is 0.495 e. The number of aliphatic carboxylic acids is 2. The molecule has 0 saturated heterocycles. The van der Waals surface area contributed by atoms with Crippen molar-refractivity contribution in [2.75, 3.05) is 7.11 Å². The molecule has 4 aromatic heterocycles. The number of thioether (sulfide) groups is 1. The number of aryl methyl sites for hydroxylation is 2. The Morgan fingerprint density at radius 3 is 1.92 bits per heavy atom. The van der Waals surface area contributed by atoms with Gasteiger partial charge in [-0.2, -0.15) is 31.1 Å². The van der Waals surface area contributed by atoms with Gasteiger partial charge in [0.15, 0.2) is 12.1 Å². The van der Waals surface area contributed by atoms with Crippen LogP contribution < -0.4 is 15.0 Å². The fraction of sp³-hybridized carbons (Fsp3) is 0.205. The monoisotopic (exact) mass is 973 g/mol. The molecular weight excluding hydrogens is 941 g/mol. The lowest BCUT2D eigenvalue weighted by Gasteiger charge is -2.07. The Morgan fingerprint density at radius 1 is 0.785 bits per heavy atom. The number of thiophene rings is 1. The average molecular weight is 974 g/mol. The Labute approximate surface area is 380 Å². The summed E-state index contributed by atoms with van der Waals surface area (Å²) in [7, 11) is 1.47. The van der Waals surface area contributed by atoms with Gasteiger partial charge < -0.3 is 24.2 Å². The molecule has 338 valence electrons. The minimum absolute atomic E-state index is 0.0208. The normalized spacial score (nSPS) is 11.8. The zero-order valence-corrected chi connectivity index (χ0v) is 37.3. The van der Waals surface area contributed by atoms with Crippen LogP contribution in [0.1, 0.15) is 37.8 Å². The fourth-order valence-corrected chi connectivity index (χ4v) is 10.5. The van der Waals surface area contributed by atoms with E-state index in [4.69, 9.17) is 24.2 Å². The molecule has 0 unspecified atom stereocenters. The Bertz CT molecular complexity index is 3080. The van der Waals surface area contributed by atoms with Crippen LogP contribution in [0, 0.1) is 13.8 Å². The van der Waals surface area contributed by atoms with Gasteiger partial charge in [0.25, 0.3) is 5.56 Å². The van der Waals surface area contributed by atoms with Crippen LogP contribution in [0.5, 0.6) is 11.5 Å². The van der Waals surface area contributed by atoms with E-state index in [0.29, 0.717) is 43.3 Å². The van der Waals surface area contributed by atoms with Crippen molar-refractivity contribution in [2.45, 2.75) is 56.4 Å². The number of aromatic nitrogens is 3. The molecule has 0 fully saturated rings. The summed E-state index contributed by atoms with van der Waals surface area (Å²) in [4.78, 5) is 45.8. The van der Waals surface area contributed by atoms with E-state index in [-0.39, 0.29) is 24.0 Å². The highest BCUT2D eigenvalue weighted by atomic mass is 32.2. The van der Waals surface area contributed by atoms with Crippen molar-refractivity contribution in [3.63, 3.8) is 0 Å². The molecule has 0 amide bonds. The van der Waals surface area contributed by atoms with Crippen LogP contribution in [-0.4, -0.2) is 44.0 Å². The fourth-order valence-electron chi connectivity index (χ4n) is 6.30. The van der Waals surface area contributed by atoms with Gasteiger partial charge in [-0.25, -0.2) is 9.97 Å². The maximum absolute atomic E-state index is 12.8. The number of ether oxygens (including phenoxy) is 2. The van der Waals surface area contributed by atoms with E-state index >= 15 is 0 Å². The zero-order chi connectivity index (χ0) is 46.8. The van der Waals surface area contributed by atoms with E-state index in [0.717, 1.165) is 65.8 Å². The Morgan fingerprint density at radius 2 is 1.37 bits per heavy atom. The van der Waals surface area contributed by atoms with Crippen LogP contribution in [-0.2, 0) is 47.3 Å².